The van der Waals surface area contributed by atoms with E-state index in [0.29, 0.717) is 5.92 Å². The predicted octanol–water partition coefficient (Wildman–Crippen LogP) is 4.52. The SMILES string of the molecule is N[C@H]1CCN(c2ccccc2NC(=O)Nc2cccc(C3CCCN(c4ncnc5[nH]ccc45)C3)c2)C1. The van der Waals surface area contributed by atoms with E-state index < -0.39 is 0 Å². The van der Waals surface area contributed by atoms with E-state index in [1.54, 1.807) is 6.33 Å². The minimum absolute atomic E-state index is 0.170. The molecule has 1 unspecified atom stereocenters. The molecule has 2 aliphatic heterocycles. The first kappa shape index (κ1) is 23.3. The Morgan fingerprint density at radius 2 is 1.89 bits per heavy atom. The summed E-state index contributed by atoms with van der Waals surface area (Å²) in [6.07, 6.45) is 6.66. The van der Waals surface area contributed by atoms with E-state index in [-0.39, 0.29) is 12.1 Å². The monoisotopic (exact) mass is 496 g/mol. The molecule has 9 nitrogen and oxygen atoms in total. The third-order valence-electron chi connectivity index (χ3n) is 7.39. The van der Waals surface area contributed by atoms with Gasteiger partial charge in [0.2, 0.25) is 0 Å². The van der Waals surface area contributed by atoms with Gasteiger partial charge in [-0.2, -0.15) is 0 Å². The van der Waals surface area contributed by atoms with Crippen LogP contribution in [0.4, 0.5) is 27.7 Å². The Hall–Kier alpha value is -4.11. The van der Waals surface area contributed by atoms with Gasteiger partial charge in [-0.15, -0.1) is 0 Å². The Kier molecular flexibility index (Phi) is 6.36. The number of aromatic amines is 1. The molecule has 5 N–H and O–H groups in total. The van der Waals surface area contributed by atoms with Crippen molar-refractivity contribution in [3.8, 4) is 0 Å². The standard InChI is InChI=1S/C28H32N8O/c29-21-11-14-35(17-21)25-9-2-1-8-24(25)34-28(37)33-22-7-3-5-19(15-22)20-6-4-13-36(16-20)27-23-10-12-30-26(23)31-18-32-27/h1-3,5,7-10,12,15,18,20-21H,4,6,11,13-14,16-17,29H2,(H,30,31,32)(H2,33,34,37)/t20?,21-/m0/s1. The molecular weight excluding hydrogens is 464 g/mol. The van der Waals surface area contributed by atoms with Gasteiger partial charge in [-0.3, -0.25) is 0 Å². The van der Waals surface area contributed by atoms with Crippen LogP contribution in [-0.4, -0.2) is 53.2 Å². The Morgan fingerprint density at radius 3 is 2.78 bits per heavy atom. The normalized spacial score (nSPS) is 19.8. The number of benzene rings is 2. The highest BCUT2D eigenvalue weighted by atomic mass is 16.2. The first-order chi connectivity index (χ1) is 18.1. The number of fused-ring (bicyclic) bond motifs is 1. The van der Waals surface area contributed by atoms with Crippen LogP contribution >= 0.6 is 0 Å². The fourth-order valence-electron chi connectivity index (χ4n) is 5.57. The predicted molar refractivity (Wildman–Crippen MR) is 148 cm³/mol. The molecule has 4 heterocycles. The highest BCUT2D eigenvalue weighted by Crippen LogP contribution is 2.33. The van der Waals surface area contributed by atoms with Gasteiger partial charge in [-0.1, -0.05) is 24.3 Å². The lowest BCUT2D eigenvalue weighted by molar-refractivity contribution is 0.262. The third kappa shape index (κ3) is 4.95. The van der Waals surface area contributed by atoms with E-state index in [1.807, 2.05) is 48.7 Å². The minimum atomic E-state index is -0.255. The van der Waals surface area contributed by atoms with Crippen LogP contribution < -0.4 is 26.2 Å². The highest BCUT2D eigenvalue weighted by Gasteiger charge is 2.25. The number of hydrogen-bond donors (Lipinski definition) is 4. The molecule has 2 saturated heterocycles. The van der Waals surface area contributed by atoms with E-state index >= 15 is 0 Å². The molecule has 6 rings (SSSR count). The molecule has 2 aliphatic rings. The fourth-order valence-corrected chi connectivity index (χ4v) is 5.57. The van der Waals surface area contributed by atoms with Gasteiger partial charge >= 0.3 is 6.03 Å². The van der Waals surface area contributed by atoms with Crippen molar-refractivity contribution in [2.45, 2.75) is 31.2 Å². The number of para-hydroxylation sites is 2. The number of amides is 2. The molecule has 0 radical (unpaired) electrons. The van der Waals surface area contributed by atoms with Crippen LogP contribution in [0, 0.1) is 0 Å². The second kappa shape index (κ2) is 10.1. The zero-order chi connectivity index (χ0) is 25.2. The average molecular weight is 497 g/mol. The highest BCUT2D eigenvalue weighted by molar-refractivity contribution is 6.02. The number of carbonyl (C=O) groups excluding carboxylic acids is 1. The van der Waals surface area contributed by atoms with Gasteiger partial charge < -0.3 is 31.2 Å². The maximum Gasteiger partial charge on any atom is 0.323 e. The molecule has 0 saturated carbocycles. The summed E-state index contributed by atoms with van der Waals surface area (Å²) in [6, 6.07) is 18.0. The van der Waals surface area contributed by atoms with E-state index in [1.165, 1.54) is 5.56 Å². The second-order valence-electron chi connectivity index (χ2n) is 9.94. The van der Waals surface area contributed by atoms with Gasteiger partial charge in [0.25, 0.3) is 0 Å². The molecule has 0 aliphatic carbocycles. The molecule has 9 heteroatoms. The van der Waals surface area contributed by atoms with E-state index in [0.717, 1.165) is 79.4 Å². The summed E-state index contributed by atoms with van der Waals surface area (Å²) in [7, 11) is 0. The number of carbonyl (C=O) groups is 1. The van der Waals surface area contributed by atoms with Gasteiger partial charge in [0.15, 0.2) is 0 Å². The lowest BCUT2D eigenvalue weighted by Gasteiger charge is -2.34. The van der Waals surface area contributed by atoms with E-state index in [9.17, 15) is 4.79 Å². The third-order valence-corrected chi connectivity index (χ3v) is 7.39. The molecule has 0 bridgehead atoms. The molecule has 190 valence electrons. The number of nitrogens with two attached hydrogens (primary N) is 1. The molecule has 2 fully saturated rings. The van der Waals surface area contributed by atoms with Crippen LogP contribution in [0.5, 0.6) is 0 Å². The zero-order valence-electron chi connectivity index (χ0n) is 20.7. The van der Waals surface area contributed by atoms with E-state index in [2.05, 4.69) is 47.5 Å². The van der Waals surface area contributed by atoms with Gasteiger partial charge in [0.1, 0.15) is 17.8 Å². The molecule has 2 aromatic carbocycles. The van der Waals surface area contributed by atoms with Crippen molar-refractivity contribution in [1.82, 2.24) is 15.0 Å². The molecule has 2 aromatic heterocycles. The van der Waals surface area contributed by atoms with Crippen molar-refractivity contribution >= 4 is 39.9 Å². The van der Waals surface area contributed by atoms with Crippen LogP contribution in [0.25, 0.3) is 11.0 Å². The van der Waals surface area contributed by atoms with Gasteiger partial charge in [-0.25, -0.2) is 14.8 Å². The summed E-state index contributed by atoms with van der Waals surface area (Å²) in [4.78, 5) is 29.6. The van der Waals surface area contributed by atoms with Crippen molar-refractivity contribution in [2.75, 3.05) is 46.6 Å². The van der Waals surface area contributed by atoms with Crippen LogP contribution in [0.1, 0.15) is 30.7 Å². The first-order valence-corrected chi connectivity index (χ1v) is 12.9. The Labute approximate surface area is 216 Å². The minimum Gasteiger partial charge on any atom is -0.368 e. The number of nitrogens with zero attached hydrogens (tertiary/aromatic N) is 4. The van der Waals surface area contributed by atoms with Crippen LogP contribution in [0.2, 0.25) is 0 Å². The summed E-state index contributed by atoms with van der Waals surface area (Å²) in [6.45, 7) is 3.53. The molecule has 0 spiro atoms. The number of aromatic nitrogens is 3. The van der Waals surface area contributed by atoms with Gasteiger partial charge in [0, 0.05) is 50.0 Å². The summed E-state index contributed by atoms with van der Waals surface area (Å²) in [5, 5.41) is 7.11. The molecule has 37 heavy (non-hydrogen) atoms. The van der Waals surface area contributed by atoms with Crippen molar-refractivity contribution < 1.29 is 4.79 Å². The number of H-pyrrole nitrogens is 1. The first-order valence-electron chi connectivity index (χ1n) is 12.9. The number of piperidine rings is 1. The van der Waals surface area contributed by atoms with Crippen LogP contribution in [0.3, 0.4) is 0 Å². The Morgan fingerprint density at radius 1 is 0.973 bits per heavy atom. The number of nitrogens with one attached hydrogen (secondary N) is 3. The average Bonchev–Trinajstić information content (AvgIpc) is 3.58. The summed E-state index contributed by atoms with van der Waals surface area (Å²) in [5.74, 6) is 1.32. The summed E-state index contributed by atoms with van der Waals surface area (Å²) < 4.78 is 0. The fraction of sp³-hybridized carbons (Fsp3) is 0.321. The largest absolute Gasteiger partial charge is 0.368 e. The van der Waals surface area contributed by atoms with Crippen LogP contribution in [0.15, 0.2) is 67.1 Å². The smallest absolute Gasteiger partial charge is 0.323 e. The number of anilines is 4. The number of urea groups is 1. The summed E-state index contributed by atoms with van der Waals surface area (Å²) in [5.41, 5.74) is 10.7. The summed E-state index contributed by atoms with van der Waals surface area (Å²) >= 11 is 0. The van der Waals surface area contributed by atoms with E-state index in [4.69, 9.17) is 5.73 Å². The van der Waals surface area contributed by atoms with Crippen molar-refractivity contribution in [1.29, 1.82) is 0 Å². The molecule has 2 amide bonds. The van der Waals surface area contributed by atoms with Gasteiger partial charge in [0.05, 0.1) is 16.8 Å². The van der Waals surface area contributed by atoms with Crippen molar-refractivity contribution in [3.63, 3.8) is 0 Å². The maximum absolute atomic E-state index is 12.9. The topological polar surface area (TPSA) is 115 Å². The lowest BCUT2D eigenvalue weighted by atomic mass is 9.90. The molecule has 2 atom stereocenters. The second-order valence-corrected chi connectivity index (χ2v) is 9.94. The molecular formula is C28H32N8O. The van der Waals surface area contributed by atoms with Gasteiger partial charge in [-0.05, 0) is 55.2 Å². The lowest BCUT2D eigenvalue weighted by Crippen LogP contribution is -2.35. The van der Waals surface area contributed by atoms with Crippen molar-refractivity contribution in [3.05, 3.63) is 72.7 Å². The maximum atomic E-state index is 12.9. The number of rotatable bonds is 5. The Balaban J connectivity index is 1.14. The Bertz CT molecular complexity index is 1400. The quantitative estimate of drug-likeness (QED) is 0.323. The van der Waals surface area contributed by atoms with Crippen LogP contribution in [-0.2, 0) is 0 Å². The zero-order valence-corrected chi connectivity index (χ0v) is 20.7. The molecule has 4 aromatic rings. The van der Waals surface area contributed by atoms with Crippen molar-refractivity contribution in [2.24, 2.45) is 5.73 Å². The number of hydrogen-bond acceptors (Lipinski definition) is 6.